The van der Waals surface area contributed by atoms with E-state index in [-0.39, 0.29) is 11.9 Å². The molecular formula is C13H26N2O2. The van der Waals surface area contributed by atoms with E-state index in [2.05, 4.69) is 17.1 Å². The number of nitrogens with one attached hydrogen (secondary N) is 1. The Bertz CT molecular complexity index is 233. The molecule has 0 saturated carbocycles. The van der Waals surface area contributed by atoms with Crippen LogP contribution < -0.4 is 5.32 Å². The third-order valence-corrected chi connectivity index (χ3v) is 3.42. The number of hydrogen-bond donors (Lipinski definition) is 1. The van der Waals surface area contributed by atoms with Gasteiger partial charge in [-0.05, 0) is 32.9 Å². The minimum atomic E-state index is -0.0984. The van der Waals surface area contributed by atoms with E-state index in [9.17, 15) is 4.79 Å². The number of esters is 1. The fourth-order valence-electron chi connectivity index (χ4n) is 2.38. The van der Waals surface area contributed by atoms with Gasteiger partial charge in [0.2, 0.25) is 0 Å². The van der Waals surface area contributed by atoms with Crippen molar-refractivity contribution in [1.82, 2.24) is 10.2 Å². The van der Waals surface area contributed by atoms with Gasteiger partial charge in [0.25, 0.3) is 0 Å². The molecule has 100 valence electrons. The standard InChI is InChI=1S/C13H26N2O2/c1-4-15-8-6-7-12(15)10-14-9-11(3)13(16)17-5-2/h11-12,14H,4-10H2,1-3H3. The van der Waals surface area contributed by atoms with Crippen molar-refractivity contribution in [3.63, 3.8) is 0 Å². The van der Waals surface area contributed by atoms with Gasteiger partial charge < -0.3 is 10.1 Å². The molecule has 0 aromatic rings. The van der Waals surface area contributed by atoms with Gasteiger partial charge in [0, 0.05) is 19.1 Å². The van der Waals surface area contributed by atoms with E-state index in [0.717, 1.165) is 13.1 Å². The van der Waals surface area contributed by atoms with Gasteiger partial charge in [0.15, 0.2) is 0 Å². The van der Waals surface area contributed by atoms with Crippen LogP contribution in [0.1, 0.15) is 33.6 Å². The average Bonchev–Trinajstić information content (AvgIpc) is 2.76. The molecule has 1 fully saturated rings. The summed E-state index contributed by atoms with van der Waals surface area (Å²) >= 11 is 0. The summed E-state index contributed by atoms with van der Waals surface area (Å²) in [7, 11) is 0. The minimum Gasteiger partial charge on any atom is -0.466 e. The SMILES string of the molecule is CCOC(=O)C(C)CNCC1CCCN1CC. The zero-order valence-electron chi connectivity index (χ0n) is 11.4. The first kappa shape index (κ1) is 14.5. The Morgan fingerprint density at radius 2 is 2.29 bits per heavy atom. The molecule has 0 amide bonds. The lowest BCUT2D eigenvalue weighted by Crippen LogP contribution is -2.40. The first-order valence-electron chi connectivity index (χ1n) is 6.80. The van der Waals surface area contributed by atoms with Gasteiger partial charge in [0.1, 0.15) is 0 Å². The van der Waals surface area contributed by atoms with Gasteiger partial charge in [-0.25, -0.2) is 0 Å². The summed E-state index contributed by atoms with van der Waals surface area (Å²) < 4.78 is 4.98. The number of carbonyl (C=O) groups is 1. The second-order valence-corrected chi connectivity index (χ2v) is 4.74. The van der Waals surface area contributed by atoms with E-state index in [1.807, 2.05) is 13.8 Å². The molecular weight excluding hydrogens is 216 g/mol. The molecule has 2 unspecified atom stereocenters. The lowest BCUT2D eigenvalue weighted by Gasteiger charge is -2.23. The van der Waals surface area contributed by atoms with Crippen LogP contribution in [-0.2, 0) is 9.53 Å². The lowest BCUT2D eigenvalue weighted by molar-refractivity contribution is -0.147. The van der Waals surface area contributed by atoms with Crippen molar-refractivity contribution in [2.45, 2.75) is 39.7 Å². The van der Waals surface area contributed by atoms with Crippen LogP contribution in [0, 0.1) is 5.92 Å². The van der Waals surface area contributed by atoms with Gasteiger partial charge in [-0.15, -0.1) is 0 Å². The number of ether oxygens (including phenoxy) is 1. The van der Waals surface area contributed by atoms with Crippen LogP contribution in [0.4, 0.5) is 0 Å². The van der Waals surface area contributed by atoms with Gasteiger partial charge >= 0.3 is 5.97 Å². The van der Waals surface area contributed by atoms with Crippen molar-refractivity contribution in [2.75, 3.05) is 32.8 Å². The molecule has 4 heteroatoms. The Morgan fingerprint density at radius 3 is 2.94 bits per heavy atom. The summed E-state index contributed by atoms with van der Waals surface area (Å²) in [4.78, 5) is 13.9. The van der Waals surface area contributed by atoms with Crippen LogP contribution in [0.15, 0.2) is 0 Å². The quantitative estimate of drug-likeness (QED) is 0.682. The van der Waals surface area contributed by atoms with Crippen molar-refractivity contribution in [3.8, 4) is 0 Å². The fraction of sp³-hybridized carbons (Fsp3) is 0.923. The minimum absolute atomic E-state index is 0.0496. The number of likely N-dealkylation sites (tertiary alicyclic amines) is 1. The number of nitrogens with zero attached hydrogens (tertiary/aromatic N) is 1. The van der Waals surface area contributed by atoms with Crippen molar-refractivity contribution in [2.24, 2.45) is 5.92 Å². The Morgan fingerprint density at radius 1 is 1.53 bits per heavy atom. The zero-order valence-corrected chi connectivity index (χ0v) is 11.4. The highest BCUT2D eigenvalue weighted by Crippen LogP contribution is 2.15. The summed E-state index contributed by atoms with van der Waals surface area (Å²) in [6.45, 7) is 10.5. The molecule has 2 atom stereocenters. The molecule has 0 spiro atoms. The summed E-state index contributed by atoms with van der Waals surface area (Å²) in [5.74, 6) is -0.148. The van der Waals surface area contributed by atoms with Crippen LogP contribution >= 0.6 is 0 Å². The molecule has 1 aliphatic rings. The van der Waals surface area contributed by atoms with Crippen LogP contribution in [0.2, 0.25) is 0 Å². The van der Waals surface area contributed by atoms with Crippen molar-refractivity contribution < 1.29 is 9.53 Å². The lowest BCUT2D eigenvalue weighted by atomic mass is 10.1. The summed E-state index contributed by atoms with van der Waals surface area (Å²) in [6, 6.07) is 0.648. The number of carbonyl (C=O) groups excluding carboxylic acids is 1. The van der Waals surface area contributed by atoms with Gasteiger partial charge in [-0.2, -0.15) is 0 Å². The van der Waals surface area contributed by atoms with Crippen LogP contribution in [0.25, 0.3) is 0 Å². The molecule has 1 N–H and O–H groups in total. The molecule has 0 aromatic carbocycles. The van der Waals surface area contributed by atoms with Crippen molar-refractivity contribution >= 4 is 5.97 Å². The second kappa shape index (κ2) is 7.67. The first-order valence-corrected chi connectivity index (χ1v) is 6.80. The summed E-state index contributed by atoms with van der Waals surface area (Å²) in [5, 5.41) is 3.39. The smallest absolute Gasteiger partial charge is 0.309 e. The highest BCUT2D eigenvalue weighted by molar-refractivity contribution is 5.72. The molecule has 0 aromatic heterocycles. The monoisotopic (exact) mass is 242 g/mol. The molecule has 1 saturated heterocycles. The third kappa shape index (κ3) is 4.64. The molecule has 0 radical (unpaired) electrons. The predicted octanol–water partition coefficient (Wildman–Crippen LogP) is 1.26. The molecule has 1 heterocycles. The maximum atomic E-state index is 11.4. The maximum Gasteiger partial charge on any atom is 0.309 e. The average molecular weight is 242 g/mol. The highest BCUT2D eigenvalue weighted by Gasteiger charge is 2.22. The molecule has 1 aliphatic heterocycles. The van der Waals surface area contributed by atoms with Crippen molar-refractivity contribution in [1.29, 1.82) is 0 Å². The summed E-state index contributed by atoms with van der Waals surface area (Å²) in [6.07, 6.45) is 2.57. The second-order valence-electron chi connectivity index (χ2n) is 4.74. The van der Waals surface area contributed by atoms with Gasteiger partial charge in [-0.3, -0.25) is 9.69 Å². The van der Waals surface area contributed by atoms with Crippen LogP contribution in [0.3, 0.4) is 0 Å². The van der Waals surface area contributed by atoms with E-state index in [0.29, 0.717) is 19.2 Å². The van der Waals surface area contributed by atoms with E-state index >= 15 is 0 Å². The van der Waals surface area contributed by atoms with Gasteiger partial charge in [0.05, 0.1) is 12.5 Å². The Balaban J connectivity index is 2.16. The predicted molar refractivity (Wildman–Crippen MR) is 68.9 cm³/mol. The largest absolute Gasteiger partial charge is 0.466 e. The molecule has 0 bridgehead atoms. The Labute approximate surface area is 105 Å². The molecule has 0 aliphatic carbocycles. The fourth-order valence-corrected chi connectivity index (χ4v) is 2.38. The number of likely N-dealkylation sites (N-methyl/N-ethyl adjacent to an activating group) is 1. The third-order valence-electron chi connectivity index (χ3n) is 3.42. The highest BCUT2D eigenvalue weighted by atomic mass is 16.5. The van der Waals surface area contributed by atoms with Crippen molar-refractivity contribution in [3.05, 3.63) is 0 Å². The Kier molecular flexibility index (Phi) is 6.52. The number of hydrogen-bond acceptors (Lipinski definition) is 4. The van der Waals surface area contributed by atoms with E-state index < -0.39 is 0 Å². The maximum absolute atomic E-state index is 11.4. The first-order chi connectivity index (χ1) is 8.19. The normalized spacial score (nSPS) is 22.6. The van der Waals surface area contributed by atoms with Crippen LogP contribution in [-0.4, -0.2) is 49.7 Å². The van der Waals surface area contributed by atoms with E-state index in [1.165, 1.54) is 19.4 Å². The van der Waals surface area contributed by atoms with Crippen LogP contribution in [0.5, 0.6) is 0 Å². The Hall–Kier alpha value is -0.610. The topological polar surface area (TPSA) is 41.6 Å². The number of rotatable bonds is 7. The van der Waals surface area contributed by atoms with E-state index in [1.54, 1.807) is 0 Å². The van der Waals surface area contributed by atoms with Gasteiger partial charge in [-0.1, -0.05) is 13.8 Å². The summed E-state index contributed by atoms with van der Waals surface area (Å²) in [5.41, 5.74) is 0. The molecule has 4 nitrogen and oxygen atoms in total. The van der Waals surface area contributed by atoms with E-state index in [4.69, 9.17) is 4.74 Å². The molecule has 1 rings (SSSR count). The zero-order chi connectivity index (χ0) is 12.7. The molecule has 17 heavy (non-hydrogen) atoms.